The molecule has 0 bridgehead atoms. The number of rotatable bonds is 9. The van der Waals surface area contributed by atoms with Crippen LogP contribution in [0.1, 0.15) is 30.4 Å². The average Bonchev–Trinajstić information content (AvgIpc) is 3.69. The monoisotopic (exact) mass is 575 g/mol. The fourth-order valence-corrected chi connectivity index (χ4v) is 7.99. The molecule has 1 amide bonds. The molecule has 208 valence electrons. The summed E-state index contributed by atoms with van der Waals surface area (Å²) in [6, 6.07) is 24.0. The predicted octanol–water partition coefficient (Wildman–Crippen LogP) is 5.26. The molecule has 0 unspecified atom stereocenters. The van der Waals surface area contributed by atoms with Gasteiger partial charge in [0.25, 0.3) is 0 Å². The Bertz CT molecular complexity index is 1590. The van der Waals surface area contributed by atoms with Gasteiger partial charge in [0.2, 0.25) is 15.9 Å². The Hall–Kier alpha value is -3.24. The molecule has 0 aliphatic carbocycles. The van der Waals surface area contributed by atoms with Crippen molar-refractivity contribution in [2.45, 2.75) is 31.7 Å². The first kappa shape index (κ1) is 27.0. The topological polar surface area (TPSA) is 87.7 Å². The maximum Gasteiger partial charge on any atom is 0.242 e. The lowest BCUT2D eigenvalue weighted by Gasteiger charge is -2.15. The Kier molecular flexibility index (Phi) is 7.89. The minimum Gasteiger partial charge on any atom is -0.492 e. The predicted molar refractivity (Wildman–Crippen MR) is 162 cm³/mol. The molecular weight excluding hydrogens is 542 g/mol. The highest BCUT2D eigenvalue weighted by Gasteiger charge is 2.32. The van der Waals surface area contributed by atoms with Crippen molar-refractivity contribution in [2.24, 2.45) is 0 Å². The molecule has 2 aliphatic heterocycles. The van der Waals surface area contributed by atoms with E-state index in [2.05, 4.69) is 63.5 Å². The molecule has 1 atom stereocenters. The van der Waals surface area contributed by atoms with E-state index in [-0.39, 0.29) is 18.1 Å². The molecule has 0 radical (unpaired) electrons. The van der Waals surface area contributed by atoms with Crippen LogP contribution in [0.2, 0.25) is 0 Å². The zero-order chi connectivity index (χ0) is 27.5. The minimum atomic E-state index is -3.35. The number of nitrogens with zero attached hydrogens (tertiary/aromatic N) is 1. The molecule has 40 heavy (non-hydrogen) atoms. The number of thiophene rings is 1. The molecule has 2 N–H and O–H groups in total. The smallest absolute Gasteiger partial charge is 0.242 e. The van der Waals surface area contributed by atoms with Crippen LogP contribution in [0.15, 0.2) is 72.8 Å². The van der Waals surface area contributed by atoms with E-state index in [0.717, 1.165) is 24.3 Å². The number of anilines is 1. The van der Waals surface area contributed by atoms with Crippen LogP contribution in [0.4, 0.5) is 5.69 Å². The molecule has 4 aromatic rings. The van der Waals surface area contributed by atoms with Gasteiger partial charge in [0.15, 0.2) is 0 Å². The number of carbonyl (C=O) groups is 1. The lowest BCUT2D eigenvalue weighted by atomic mass is 9.99. The molecule has 9 heteroatoms. The van der Waals surface area contributed by atoms with Crippen molar-refractivity contribution < 1.29 is 17.9 Å². The number of amides is 1. The standard InChI is InChI=1S/C31H33N3O4S2/c35-31(28-15-20-40(36,37)33-28)32-24-11-9-23(10-12-24)30-27(26-5-1-2-6-29(26)39-30)21-22-7-13-25(14-8-22)38-19-18-34-16-3-4-17-34/h1-2,5-14,28,33H,3-4,15-21H2,(H,32,35)/t28-/m1/s1. The summed E-state index contributed by atoms with van der Waals surface area (Å²) in [4.78, 5) is 16.2. The minimum absolute atomic E-state index is 0.0206. The second kappa shape index (κ2) is 11.7. The average molecular weight is 576 g/mol. The lowest BCUT2D eigenvalue weighted by Crippen LogP contribution is -2.37. The molecule has 3 aromatic carbocycles. The van der Waals surface area contributed by atoms with Crippen LogP contribution in [0, 0.1) is 0 Å². The van der Waals surface area contributed by atoms with Crippen molar-refractivity contribution >= 4 is 43.0 Å². The second-order valence-corrected chi connectivity index (χ2v) is 13.4. The number of fused-ring (bicyclic) bond motifs is 1. The van der Waals surface area contributed by atoms with Gasteiger partial charge in [-0.2, -0.15) is 0 Å². The third-order valence-electron chi connectivity index (χ3n) is 7.61. The third-order valence-corrected chi connectivity index (χ3v) is 10.3. The summed E-state index contributed by atoms with van der Waals surface area (Å²) < 4.78 is 32.9. The molecule has 6 rings (SSSR count). The lowest BCUT2D eigenvalue weighted by molar-refractivity contribution is -0.117. The van der Waals surface area contributed by atoms with Crippen molar-refractivity contribution in [1.29, 1.82) is 0 Å². The molecule has 2 saturated heterocycles. The maximum absolute atomic E-state index is 12.5. The summed E-state index contributed by atoms with van der Waals surface area (Å²) in [5.41, 5.74) is 4.22. The number of ether oxygens (including phenoxy) is 1. The molecule has 7 nitrogen and oxygen atoms in total. The highest BCUT2D eigenvalue weighted by Crippen LogP contribution is 2.40. The number of hydrogen-bond acceptors (Lipinski definition) is 6. The van der Waals surface area contributed by atoms with Crippen LogP contribution >= 0.6 is 11.3 Å². The quantitative estimate of drug-likeness (QED) is 0.284. The molecule has 1 aromatic heterocycles. The van der Waals surface area contributed by atoms with E-state index in [1.165, 1.54) is 52.0 Å². The number of nitrogens with one attached hydrogen (secondary N) is 2. The van der Waals surface area contributed by atoms with E-state index in [1.54, 1.807) is 11.3 Å². The number of benzene rings is 3. The second-order valence-electron chi connectivity index (χ2n) is 10.5. The number of likely N-dealkylation sites (tertiary alicyclic amines) is 1. The molecule has 3 heterocycles. The van der Waals surface area contributed by atoms with Crippen LogP contribution in [0.3, 0.4) is 0 Å². The number of carbonyl (C=O) groups excluding carboxylic acids is 1. The maximum atomic E-state index is 12.5. The summed E-state index contributed by atoms with van der Waals surface area (Å²) in [5.74, 6) is 0.550. The third kappa shape index (κ3) is 6.23. The van der Waals surface area contributed by atoms with Gasteiger partial charge in [0.05, 0.1) is 5.75 Å². The van der Waals surface area contributed by atoms with E-state index in [0.29, 0.717) is 12.3 Å². The van der Waals surface area contributed by atoms with Gasteiger partial charge in [0, 0.05) is 21.8 Å². The van der Waals surface area contributed by atoms with Crippen molar-refractivity contribution in [3.63, 3.8) is 0 Å². The van der Waals surface area contributed by atoms with Crippen molar-refractivity contribution in [3.8, 4) is 16.2 Å². The van der Waals surface area contributed by atoms with Crippen LogP contribution in [0.5, 0.6) is 5.75 Å². The summed E-state index contributed by atoms with van der Waals surface area (Å²) >= 11 is 1.77. The van der Waals surface area contributed by atoms with Crippen LogP contribution < -0.4 is 14.8 Å². The first-order chi connectivity index (χ1) is 19.4. The van der Waals surface area contributed by atoms with Gasteiger partial charge in [-0.15, -0.1) is 11.3 Å². The van der Waals surface area contributed by atoms with E-state index >= 15 is 0 Å². The SMILES string of the molecule is O=C(Nc1ccc(-c2sc3ccccc3c2Cc2ccc(OCCN3CCCC3)cc2)cc1)[C@H]1CCS(=O)(=O)N1. The van der Waals surface area contributed by atoms with Gasteiger partial charge in [-0.25, -0.2) is 13.1 Å². The Morgan fingerprint density at radius 3 is 2.48 bits per heavy atom. The molecule has 0 spiro atoms. The Balaban J connectivity index is 1.16. The fourth-order valence-electron chi connectivity index (χ4n) is 5.44. The summed E-state index contributed by atoms with van der Waals surface area (Å²) in [6.07, 6.45) is 3.67. The number of sulfonamides is 1. The largest absolute Gasteiger partial charge is 0.492 e. The first-order valence-electron chi connectivity index (χ1n) is 13.8. The van der Waals surface area contributed by atoms with E-state index in [1.807, 2.05) is 24.3 Å². The van der Waals surface area contributed by atoms with Crippen molar-refractivity contribution in [1.82, 2.24) is 9.62 Å². The normalized spacial score (nSPS) is 18.8. The summed E-state index contributed by atoms with van der Waals surface area (Å²) in [5, 5.41) is 4.09. The molecule has 0 saturated carbocycles. The van der Waals surface area contributed by atoms with E-state index < -0.39 is 16.1 Å². The zero-order valence-electron chi connectivity index (χ0n) is 22.3. The van der Waals surface area contributed by atoms with Crippen LogP contribution in [-0.2, 0) is 21.2 Å². The Labute approximate surface area is 239 Å². The zero-order valence-corrected chi connectivity index (χ0v) is 23.9. The van der Waals surface area contributed by atoms with Gasteiger partial charge >= 0.3 is 0 Å². The van der Waals surface area contributed by atoms with Gasteiger partial charge in [-0.1, -0.05) is 42.5 Å². The summed E-state index contributed by atoms with van der Waals surface area (Å²) in [7, 11) is -3.35. The highest BCUT2D eigenvalue weighted by atomic mass is 32.2. The molecule has 2 fully saturated rings. The van der Waals surface area contributed by atoms with Gasteiger partial charge < -0.3 is 10.1 Å². The van der Waals surface area contributed by atoms with E-state index in [9.17, 15) is 13.2 Å². The number of hydrogen-bond donors (Lipinski definition) is 2. The van der Waals surface area contributed by atoms with Gasteiger partial charge in [-0.05, 0) is 91.2 Å². The molecular formula is C31H33N3O4S2. The van der Waals surface area contributed by atoms with Crippen LogP contribution in [0.25, 0.3) is 20.5 Å². The van der Waals surface area contributed by atoms with E-state index in [4.69, 9.17) is 4.74 Å². The molecule has 2 aliphatic rings. The summed E-state index contributed by atoms with van der Waals surface area (Å²) in [6.45, 7) is 4.06. The first-order valence-corrected chi connectivity index (χ1v) is 16.3. The Morgan fingerprint density at radius 2 is 1.75 bits per heavy atom. The van der Waals surface area contributed by atoms with Gasteiger partial charge in [-0.3, -0.25) is 9.69 Å². The highest BCUT2D eigenvalue weighted by molar-refractivity contribution is 7.89. The fraction of sp³-hybridized carbons (Fsp3) is 0.323. The van der Waals surface area contributed by atoms with Crippen molar-refractivity contribution in [3.05, 3.63) is 83.9 Å². The van der Waals surface area contributed by atoms with Crippen molar-refractivity contribution in [2.75, 3.05) is 37.3 Å². The Morgan fingerprint density at radius 1 is 1.00 bits per heavy atom. The van der Waals surface area contributed by atoms with Crippen LogP contribution in [-0.4, -0.2) is 57.3 Å². The van der Waals surface area contributed by atoms with Gasteiger partial charge in [0.1, 0.15) is 18.4 Å².